The maximum atomic E-state index is 14.3. The van der Waals surface area contributed by atoms with E-state index in [-0.39, 0.29) is 24.8 Å². The van der Waals surface area contributed by atoms with Crippen LogP contribution in [0.1, 0.15) is 29.1 Å². The molecule has 10 nitrogen and oxygen atoms in total. The summed E-state index contributed by atoms with van der Waals surface area (Å²) in [5.74, 6) is -0.564. The fraction of sp³-hybridized carbons (Fsp3) is 0.188. The summed E-state index contributed by atoms with van der Waals surface area (Å²) in [4.78, 5) is 44.4. The first kappa shape index (κ1) is 30.4. The number of hydrogen-bond donors (Lipinski definition) is 2. The summed E-state index contributed by atoms with van der Waals surface area (Å²) in [6.07, 6.45) is 0.810. The zero-order chi connectivity index (χ0) is 31.1. The van der Waals surface area contributed by atoms with Gasteiger partial charge in [-0.3, -0.25) is 14.5 Å². The van der Waals surface area contributed by atoms with Crippen molar-refractivity contribution in [1.82, 2.24) is 10.2 Å². The van der Waals surface area contributed by atoms with Gasteiger partial charge in [0.2, 0.25) is 11.8 Å². The van der Waals surface area contributed by atoms with Gasteiger partial charge in [0.05, 0.1) is 25.6 Å². The van der Waals surface area contributed by atoms with E-state index in [1.165, 1.54) is 42.2 Å². The van der Waals surface area contributed by atoms with Gasteiger partial charge in [-0.05, 0) is 54.4 Å². The van der Waals surface area contributed by atoms with Crippen molar-refractivity contribution in [2.24, 2.45) is 4.99 Å². The third-order valence-corrected chi connectivity index (χ3v) is 7.85. The van der Waals surface area contributed by atoms with Gasteiger partial charge >= 0.3 is 6.09 Å². The Kier molecular flexibility index (Phi) is 9.60. The maximum Gasteiger partial charge on any atom is 0.408 e. The van der Waals surface area contributed by atoms with Crippen molar-refractivity contribution in [2.75, 3.05) is 12.4 Å². The van der Waals surface area contributed by atoms with Crippen LogP contribution >= 0.6 is 11.8 Å². The second-order valence-electron chi connectivity index (χ2n) is 9.75. The Morgan fingerprint density at radius 2 is 1.84 bits per heavy atom. The molecule has 2 N–H and O–H groups in total. The minimum atomic E-state index is -0.860. The minimum absolute atomic E-state index is 0.0860. The number of benzene rings is 3. The fourth-order valence-electron chi connectivity index (χ4n) is 4.29. The summed E-state index contributed by atoms with van der Waals surface area (Å²) < 4.78 is 29.9. The number of alkyl carbamates (subject to hydrolysis) is 1. The monoisotopic (exact) mass is 616 g/mol. The van der Waals surface area contributed by atoms with Crippen molar-refractivity contribution in [3.63, 3.8) is 0 Å². The molecule has 5 rings (SSSR count). The molecule has 1 aliphatic rings. The number of rotatable bonds is 10. The van der Waals surface area contributed by atoms with Crippen LogP contribution in [-0.4, -0.2) is 41.1 Å². The Bertz CT molecular complexity index is 1650. The molecule has 3 amide bonds. The maximum absolute atomic E-state index is 14.3. The van der Waals surface area contributed by atoms with Gasteiger partial charge in [-0.2, -0.15) is 0 Å². The average Bonchev–Trinajstić information content (AvgIpc) is 3.65. The Hall–Kier alpha value is -5.10. The summed E-state index contributed by atoms with van der Waals surface area (Å²) in [5, 5.41) is 5.02. The molecule has 0 bridgehead atoms. The largest absolute Gasteiger partial charge is 0.494 e. The van der Waals surface area contributed by atoms with Gasteiger partial charge in [0.1, 0.15) is 23.7 Å². The number of nitrogens with zero attached hydrogens (tertiary/aromatic N) is 2. The number of ether oxygens (including phenoxy) is 2. The summed E-state index contributed by atoms with van der Waals surface area (Å²) in [7, 11) is 1.38. The second-order valence-corrected chi connectivity index (χ2v) is 10.8. The van der Waals surface area contributed by atoms with Gasteiger partial charge in [0, 0.05) is 11.8 Å². The molecule has 226 valence electrons. The predicted octanol–water partition coefficient (Wildman–Crippen LogP) is 6.19. The number of carbonyl (C=O) groups is 3. The van der Waals surface area contributed by atoms with E-state index < -0.39 is 29.1 Å². The third-order valence-electron chi connectivity index (χ3n) is 6.62. The van der Waals surface area contributed by atoms with Crippen molar-refractivity contribution in [3.05, 3.63) is 114 Å². The quantitative estimate of drug-likeness (QED) is 0.218. The zero-order valence-electron chi connectivity index (χ0n) is 23.9. The first-order chi connectivity index (χ1) is 21.3. The number of anilines is 1. The van der Waals surface area contributed by atoms with Gasteiger partial charge in [0.25, 0.3) is 0 Å². The highest BCUT2D eigenvalue weighted by atomic mass is 32.2. The fourth-order valence-corrected chi connectivity index (χ4v) is 5.46. The number of aliphatic imine (C=N–C) groups is 1. The Morgan fingerprint density at radius 1 is 1.07 bits per heavy atom. The molecule has 1 fully saturated rings. The molecule has 4 aromatic rings. The number of hydrogen-bond acceptors (Lipinski definition) is 8. The molecule has 1 aromatic heterocycles. The van der Waals surface area contributed by atoms with Crippen LogP contribution in [0.25, 0.3) is 0 Å². The number of methoxy groups -OCH3 is 1. The number of amides is 3. The molecule has 12 heteroatoms. The van der Waals surface area contributed by atoms with Gasteiger partial charge < -0.3 is 24.5 Å². The lowest BCUT2D eigenvalue weighted by atomic mass is 10.1. The van der Waals surface area contributed by atoms with E-state index in [0.717, 1.165) is 5.56 Å². The van der Waals surface area contributed by atoms with E-state index in [9.17, 15) is 18.8 Å². The normalized spacial score (nSPS) is 16.1. The lowest BCUT2D eigenvalue weighted by molar-refractivity contribution is -0.126. The van der Waals surface area contributed by atoms with Crippen molar-refractivity contribution >= 4 is 46.2 Å². The van der Waals surface area contributed by atoms with Crippen LogP contribution in [0.3, 0.4) is 0 Å². The van der Waals surface area contributed by atoms with E-state index in [4.69, 9.17) is 13.9 Å². The first-order valence-electron chi connectivity index (χ1n) is 13.6. The number of carbonyl (C=O) groups excluding carboxylic acids is 3. The molecular weight excluding hydrogens is 587 g/mol. The third kappa shape index (κ3) is 7.45. The average molecular weight is 617 g/mol. The molecule has 1 unspecified atom stereocenters. The summed E-state index contributed by atoms with van der Waals surface area (Å²) in [6.45, 7) is 1.78. The predicted molar refractivity (Wildman–Crippen MR) is 164 cm³/mol. The van der Waals surface area contributed by atoms with Crippen LogP contribution in [0.4, 0.5) is 20.6 Å². The van der Waals surface area contributed by atoms with Crippen molar-refractivity contribution < 1.29 is 32.7 Å². The molecule has 0 aliphatic carbocycles. The lowest BCUT2D eigenvalue weighted by Crippen LogP contribution is -2.41. The van der Waals surface area contributed by atoms with Crippen molar-refractivity contribution in [2.45, 2.75) is 31.4 Å². The van der Waals surface area contributed by atoms with E-state index >= 15 is 0 Å². The SMILES string of the molecule is COc1ccc(/N=C2\SC(c3ccc(NC(=O)[C@H](C)NC(=O)OCc4ccccc4)cc3)C(=O)N2Cc2ccco2)cc1F. The van der Waals surface area contributed by atoms with Gasteiger partial charge in [-0.25, -0.2) is 14.2 Å². The molecule has 0 saturated carbocycles. The highest BCUT2D eigenvalue weighted by molar-refractivity contribution is 8.15. The summed E-state index contributed by atoms with van der Waals surface area (Å²) in [5.41, 5.74) is 2.32. The number of thioether (sulfide) groups is 1. The molecular formula is C32H29FN4O6S. The van der Waals surface area contributed by atoms with Crippen LogP contribution in [0.15, 0.2) is 101 Å². The van der Waals surface area contributed by atoms with Crippen LogP contribution in [0, 0.1) is 5.82 Å². The van der Waals surface area contributed by atoms with E-state index in [0.29, 0.717) is 27.9 Å². The van der Waals surface area contributed by atoms with Gasteiger partial charge in [-0.1, -0.05) is 54.2 Å². The molecule has 0 radical (unpaired) electrons. The Labute approximate surface area is 257 Å². The Morgan fingerprint density at radius 3 is 2.52 bits per heavy atom. The molecule has 2 atom stereocenters. The topological polar surface area (TPSA) is 122 Å². The van der Waals surface area contributed by atoms with E-state index in [1.807, 2.05) is 30.3 Å². The molecule has 0 spiro atoms. The van der Waals surface area contributed by atoms with Crippen LogP contribution in [0.2, 0.25) is 0 Å². The lowest BCUT2D eigenvalue weighted by Gasteiger charge is -2.16. The number of nitrogens with one attached hydrogen (secondary N) is 2. The molecule has 1 aliphatic heterocycles. The highest BCUT2D eigenvalue weighted by Crippen LogP contribution is 2.41. The standard InChI is InChI=1S/C32H29FN4O6S/c1-20(34-32(40)43-19-21-7-4-3-5-8-21)29(38)35-23-12-10-22(11-13-23)28-30(39)37(18-25-9-6-16-42-25)31(44-28)36-24-14-15-27(41-2)26(33)17-24/h3-17,20,28H,18-19H2,1-2H3,(H,34,40)(H,35,38)/b36-31-/t20-,28?/m0/s1. The molecule has 1 saturated heterocycles. The van der Waals surface area contributed by atoms with Crippen molar-refractivity contribution in [1.29, 1.82) is 0 Å². The zero-order valence-corrected chi connectivity index (χ0v) is 24.7. The molecule has 2 heterocycles. The first-order valence-corrected chi connectivity index (χ1v) is 14.5. The number of halogens is 1. The minimum Gasteiger partial charge on any atom is -0.494 e. The van der Waals surface area contributed by atoms with Crippen LogP contribution < -0.4 is 15.4 Å². The number of amidine groups is 1. The van der Waals surface area contributed by atoms with E-state index in [1.54, 1.807) is 49.4 Å². The summed E-state index contributed by atoms with van der Waals surface area (Å²) in [6, 6.07) is 23.0. The van der Waals surface area contributed by atoms with Crippen molar-refractivity contribution in [3.8, 4) is 5.75 Å². The summed E-state index contributed by atoms with van der Waals surface area (Å²) >= 11 is 1.23. The van der Waals surface area contributed by atoms with Crippen LogP contribution in [0.5, 0.6) is 5.75 Å². The highest BCUT2D eigenvalue weighted by Gasteiger charge is 2.39. The molecule has 44 heavy (non-hydrogen) atoms. The molecule has 3 aromatic carbocycles. The van der Waals surface area contributed by atoms with Gasteiger partial charge in [0.15, 0.2) is 16.7 Å². The van der Waals surface area contributed by atoms with E-state index in [2.05, 4.69) is 15.6 Å². The smallest absolute Gasteiger partial charge is 0.408 e. The number of furan rings is 1. The second kappa shape index (κ2) is 13.9. The van der Waals surface area contributed by atoms with Gasteiger partial charge in [-0.15, -0.1) is 0 Å². The van der Waals surface area contributed by atoms with Crippen LogP contribution in [-0.2, 0) is 27.5 Å². The Balaban J connectivity index is 1.24.